The zero-order valence-corrected chi connectivity index (χ0v) is 10.9. The van der Waals surface area contributed by atoms with E-state index in [1.807, 2.05) is 0 Å². The Balaban J connectivity index is 2.29. The predicted molar refractivity (Wildman–Crippen MR) is 67.1 cm³/mol. The van der Waals surface area contributed by atoms with Gasteiger partial charge in [-0.3, -0.25) is 5.32 Å². The van der Waals surface area contributed by atoms with E-state index in [0.29, 0.717) is 6.04 Å². The number of likely N-dealkylation sites (tertiary alicyclic amines) is 1. The maximum atomic E-state index is 9.06. The maximum Gasteiger partial charge on any atom is 0.108 e. The molecular formula is C13H25N3. The van der Waals surface area contributed by atoms with Crippen LogP contribution in [0.15, 0.2) is 0 Å². The van der Waals surface area contributed by atoms with Crippen molar-refractivity contribution >= 4 is 0 Å². The lowest BCUT2D eigenvalue weighted by Crippen LogP contribution is -2.45. The summed E-state index contributed by atoms with van der Waals surface area (Å²) in [5.74, 6) is 0.912. The van der Waals surface area contributed by atoms with Crippen LogP contribution in [-0.2, 0) is 0 Å². The largest absolute Gasteiger partial charge is 0.301 e. The van der Waals surface area contributed by atoms with E-state index < -0.39 is 0 Å². The fourth-order valence-corrected chi connectivity index (χ4v) is 2.37. The molecule has 1 aliphatic rings. The van der Waals surface area contributed by atoms with Crippen LogP contribution in [0.4, 0.5) is 0 Å². The van der Waals surface area contributed by atoms with Gasteiger partial charge in [0, 0.05) is 12.6 Å². The van der Waals surface area contributed by atoms with E-state index in [9.17, 15) is 0 Å². The first-order valence-electron chi connectivity index (χ1n) is 6.53. The Morgan fingerprint density at radius 3 is 2.44 bits per heavy atom. The first-order valence-corrected chi connectivity index (χ1v) is 6.53. The van der Waals surface area contributed by atoms with Crippen LogP contribution in [0, 0.1) is 17.2 Å². The van der Waals surface area contributed by atoms with Crippen LogP contribution in [0.3, 0.4) is 0 Å². The van der Waals surface area contributed by atoms with E-state index >= 15 is 0 Å². The van der Waals surface area contributed by atoms with E-state index in [-0.39, 0.29) is 6.04 Å². The summed E-state index contributed by atoms with van der Waals surface area (Å²) in [4.78, 5) is 2.43. The smallest absolute Gasteiger partial charge is 0.108 e. The fourth-order valence-electron chi connectivity index (χ4n) is 2.37. The second kappa shape index (κ2) is 6.88. The van der Waals surface area contributed by atoms with Gasteiger partial charge in [-0.05, 0) is 45.7 Å². The summed E-state index contributed by atoms with van der Waals surface area (Å²) in [6, 6.07) is 2.72. The van der Waals surface area contributed by atoms with Crippen molar-refractivity contribution in [2.45, 2.75) is 52.1 Å². The van der Waals surface area contributed by atoms with Crippen LogP contribution < -0.4 is 5.32 Å². The SMILES string of the molecule is CCC1CCN(CC(C#N)NC(C)C)CC1. The highest BCUT2D eigenvalue weighted by Gasteiger charge is 2.20. The molecule has 0 aromatic heterocycles. The van der Waals surface area contributed by atoms with Crippen molar-refractivity contribution in [1.29, 1.82) is 5.26 Å². The molecular weight excluding hydrogens is 198 g/mol. The number of piperidine rings is 1. The van der Waals surface area contributed by atoms with E-state index in [2.05, 4.69) is 37.1 Å². The lowest BCUT2D eigenvalue weighted by molar-refractivity contribution is 0.172. The third-order valence-electron chi connectivity index (χ3n) is 3.42. The van der Waals surface area contributed by atoms with Gasteiger partial charge in [-0.25, -0.2) is 0 Å². The molecule has 1 rings (SSSR count). The van der Waals surface area contributed by atoms with E-state index in [0.717, 1.165) is 25.6 Å². The number of nitriles is 1. The first-order chi connectivity index (χ1) is 7.65. The Hall–Kier alpha value is -0.590. The van der Waals surface area contributed by atoms with E-state index in [1.165, 1.54) is 19.3 Å². The van der Waals surface area contributed by atoms with Gasteiger partial charge in [0.1, 0.15) is 6.04 Å². The van der Waals surface area contributed by atoms with Gasteiger partial charge in [0.25, 0.3) is 0 Å². The van der Waals surface area contributed by atoms with Crippen molar-refractivity contribution in [3.8, 4) is 6.07 Å². The summed E-state index contributed by atoms with van der Waals surface area (Å²) in [6.07, 6.45) is 3.91. The van der Waals surface area contributed by atoms with Crippen molar-refractivity contribution in [2.24, 2.45) is 5.92 Å². The lowest BCUT2D eigenvalue weighted by atomic mass is 9.94. The van der Waals surface area contributed by atoms with Crippen molar-refractivity contribution in [2.75, 3.05) is 19.6 Å². The minimum Gasteiger partial charge on any atom is -0.301 e. The summed E-state index contributed by atoms with van der Waals surface area (Å²) in [5, 5.41) is 12.4. The van der Waals surface area contributed by atoms with Crippen LogP contribution in [0.25, 0.3) is 0 Å². The molecule has 0 radical (unpaired) electrons. The van der Waals surface area contributed by atoms with Gasteiger partial charge >= 0.3 is 0 Å². The average Bonchev–Trinajstić information content (AvgIpc) is 2.28. The lowest BCUT2D eigenvalue weighted by Gasteiger charge is -2.33. The van der Waals surface area contributed by atoms with Gasteiger partial charge in [-0.15, -0.1) is 0 Å². The Bertz CT molecular complexity index is 224. The molecule has 1 unspecified atom stereocenters. The molecule has 0 bridgehead atoms. The Morgan fingerprint density at radius 1 is 1.38 bits per heavy atom. The van der Waals surface area contributed by atoms with Crippen LogP contribution in [0.5, 0.6) is 0 Å². The van der Waals surface area contributed by atoms with Crippen LogP contribution in [0.2, 0.25) is 0 Å². The van der Waals surface area contributed by atoms with Gasteiger partial charge in [0.15, 0.2) is 0 Å². The van der Waals surface area contributed by atoms with Crippen molar-refractivity contribution < 1.29 is 0 Å². The first kappa shape index (κ1) is 13.5. The molecule has 3 heteroatoms. The average molecular weight is 223 g/mol. The van der Waals surface area contributed by atoms with Gasteiger partial charge in [0.2, 0.25) is 0 Å². The molecule has 1 aliphatic heterocycles. The molecule has 0 aliphatic carbocycles. The topological polar surface area (TPSA) is 39.1 Å². The van der Waals surface area contributed by atoms with Crippen molar-refractivity contribution in [3.05, 3.63) is 0 Å². The predicted octanol–water partition coefficient (Wildman–Crippen LogP) is 2.00. The highest BCUT2D eigenvalue weighted by molar-refractivity contribution is 4.93. The van der Waals surface area contributed by atoms with Crippen molar-refractivity contribution in [3.63, 3.8) is 0 Å². The van der Waals surface area contributed by atoms with Gasteiger partial charge < -0.3 is 4.90 Å². The molecule has 0 saturated carbocycles. The third-order valence-corrected chi connectivity index (χ3v) is 3.42. The Morgan fingerprint density at radius 2 is 2.00 bits per heavy atom. The Kier molecular flexibility index (Phi) is 5.79. The molecule has 1 heterocycles. The highest BCUT2D eigenvalue weighted by atomic mass is 15.2. The van der Waals surface area contributed by atoms with Crippen molar-refractivity contribution in [1.82, 2.24) is 10.2 Å². The normalized spacial score (nSPS) is 20.9. The molecule has 92 valence electrons. The number of rotatable bonds is 5. The van der Waals surface area contributed by atoms with E-state index in [4.69, 9.17) is 5.26 Å². The molecule has 1 N–H and O–H groups in total. The summed E-state index contributed by atoms with van der Waals surface area (Å²) >= 11 is 0. The van der Waals surface area contributed by atoms with E-state index in [1.54, 1.807) is 0 Å². The van der Waals surface area contributed by atoms with Crippen LogP contribution >= 0.6 is 0 Å². The quantitative estimate of drug-likeness (QED) is 0.775. The third kappa shape index (κ3) is 4.51. The van der Waals surface area contributed by atoms with Gasteiger partial charge in [0.05, 0.1) is 6.07 Å². The summed E-state index contributed by atoms with van der Waals surface area (Å²) in [7, 11) is 0. The number of hydrogen-bond acceptors (Lipinski definition) is 3. The zero-order valence-electron chi connectivity index (χ0n) is 10.9. The highest BCUT2D eigenvalue weighted by Crippen LogP contribution is 2.19. The molecule has 3 nitrogen and oxygen atoms in total. The second-order valence-electron chi connectivity index (χ2n) is 5.16. The minimum atomic E-state index is -0.0156. The fraction of sp³-hybridized carbons (Fsp3) is 0.923. The summed E-state index contributed by atoms with van der Waals surface area (Å²) in [6.45, 7) is 9.66. The second-order valence-corrected chi connectivity index (χ2v) is 5.16. The molecule has 1 fully saturated rings. The number of hydrogen-bond donors (Lipinski definition) is 1. The number of nitrogens with zero attached hydrogens (tertiary/aromatic N) is 2. The Labute approximate surface area is 99.8 Å². The maximum absolute atomic E-state index is 9.06. The summed E-state index contributed by atoms with van der Waals surface area (Å²) < 4.78 is 0. The standard InChI is InChI=1S/C13H25N3/c1-4-12-5-7-16(8-6-12)10-13(9-14)15-11(2)3/h11-13,15H,4-8,10H2,1-3H3. The zero-order chi connectivity index (χ0) is 12.0. The molecule has 1 saturated heterocycles. The molecule has 0 aromatic rings. The monoisotopic (exact) mass is 223 g/mol. The van der Waals surface area contributed by atoms with Crippen LogP contribution in [-0.4, -0.2) is 36.6 Å². The molecule has 16 heavy (non-hydrogen) atoms. The van der Waals surface area contributed by atoms with Gasteiger partial charge in [-0.1, -0.05) is 13.3 Å². The number of nitrogens with one attached hydrogen (secondary N) is 1. The minimum absolute atomic E-state index is 0.0156. The molecule has 0 aromatic carbocycles. The molecule has 0 spiro atoms. The van der Waals surface area contributed by atoms with Gasteiger partial charge in [-0.2, -0.15) is 5.26 Å². The summed E-state index contributed by atoms with van der Waals surface area (Å²) in [5.41, 5.74) is 0. The molecule has 0 amide bonds. The van der Waals surface area contributed by atoms with Crippen LogP contribution in [0.1, 0.15) is 40.0 Å². The molecule has 1 atom stereocenters.